The van der Waals surface area contributed by atoms with Crippen LogP contribution < -0.4 is 10.2 Å². The third-order valence-electron chi connectivity index (χ3n) is 3.51. The molecule has 1 N–H and O–H groups in total. The van der Waals surface area contributed by atoms with E-state index in [2.05, 4.69) is 5.32 Å². The number of nitrogens with one attached hydrogen (secondary N) is 1. The van der Waals surface area contributed by atoms with Gasteiger partial charge in [-0.25, -0.2) is 9.29 Å². The van der Waals surface area contributed by atoms with E-state index in [-0.39, 0.29) is 17.4 Å². The zero-order valence-electron chi connectivity index (χ0n) is 11.7. The molecular weight excluding hydrogens is 342 g/mol. The Hall–Kier alpha value is -2.11. The van der Waals surface area contributed by atoms with Crippen molar-refractivity contribution in [3.05, 3.63) is 58.3 Å². The summed E-state index contributed by atoms with van der Waals surface area (Å²) in [7, 11) is 0. The molecule has 1 aliphatic rings. The lowest BCUT2D eigenvalue weighted by atomic mass is 10.2. The maximum Gasteiger partial charge on any atom is 0.256 e. The van der Waals surface area contributed by atoms with Gasteiger partial charge in [0, 0.05) is 0 Å². The van der Waals surface area contributed by atoms with Crippen molar-refractivity contribution in [2.45, 2.75) is 12.5 Å². The van der Waals surface area contributed by atoms with Gasteiger partial charge in [0.05, 0.1) is 27.8 Å². The van der Waals surface area contributed by atoms with Crippen LogP contribution in [0.3, 0.4) is 0 Å². The molecule has 1 saturated heterocycles. The summed E-state index contributed by atoms with van der Waals surface area (Å²) >= 11 is 12.0. The molecule has 4 nitrogen and oxygen atoms in total. The number of amides is 2. The monoisotopic (exact) mass is 352 g/mol. The van der Waals surface area contributed by atoms with Crippen LogP contribution in [0.25, 0.3) is 0 Å². The van der Waals surface area contributed by atoms with Crippen molar-refractivity contribution in [3.63, 3.8) is 0 Å². The van der Waals surface area contributed by atoms with Crippen molar-refractivity contribution >= 4 is 46.4 Å². The molecule has 0 aliphatic carbocycles. The van der Waals surface area contributed by atoms with Crippen LogP contribution in [0.2, 0.25) is 10.0 Å². The molecule has 1 fully saturated rings. The molecule has 0 aromatic heterocycles. The number of hydrogen-bond donors (Lipinski definition) is 1. The van der Waals surface area contributed by atoms with E-state index in [4.69, 9.17) is 23.2 Å². The minimum absolute atomic E-state index is 0.0148. The van der Waals surface area contributed by atoms with E-state index in [0.29, 0.717) is 16.4 Å². The lowest BCUT2D eigenvalue weighted by Crippen LogP contribution is -2.34. The molecule has 7 heteroatoms. The molecule has 23 heavy (non-hydrogen) atoms. The molecule has 1 unspecified atom stereocenters. The Labute approximate surface area is 141 Å². The number of nitrogens with zero attached hydrogens (tertiary/aromatic N) is 1. The molecule has 2 amide bonds. The number of imide groups is 1. The Balaban J connectivity index is 1.84. The second-order valence-electron chi connectivity index (χ2n) is 5.05. The minimum Gasteiger partial charge on any atom is -0.372 e. The molecule has 0 spiro atoms. The van der Waals surface area contributed by atoms with Crippen LogP contribution in [-0.2, 0) is 9.59 Å². The van der Waals surface area contributed by atoms with Gasteiger partial charge >= 0.3 is 0 Å². The maximum atomic E-state index is 13.0. The van der Waals surface area contributed by atoms with Crippen LogP contribution in [0.15, 0.2) is 42.5 Å². The Kier molecular flexibility index (Phi) is 4.24. The number of hydrogen-bond acceptors (Lipinski definition) is 3. The number of halogens is 3. The van der Waals surface area contributed by atoms with Crippen LogP contribution in [0, 0.1) is 5.82 Å². The highest BCUT2D eigenvalue weighted by molar-refractivity contribution is 6.43. The Morgan fingerprint density at radius 3 is 2.48 bits per heavy atom. The van der Waals surface area contributed by atoms with E-state index in [1.54, 1.807) is 18.2 Å². The predicted molar refractivity (Wildman–Crippen MR) is 87.4 cm³/mol. The molecule has 0 saturated carbocycles. The molecular formula is C16H11Cl2FN2O2. The van der Waals surface area contributed by atoms with Crippen molar-refractivity contribution in [2.24, 2.45) is 0 Å². The summed E-state index contributed by atoms with van der Waals surface area (Å²) < 4.78 is 13.0. The third kappa shape index (κ3) is 3.02. The Morgan fingerprint density at radius 1 is 1.09 bits per heavy atom. The van der Waals surface area contributed by atoms with Gasteiger partial charge in [-0.05, 0) is 36.4 Å². The lowest BCUT2D eigenvalue weighted by Gasteiger charge is -2.16. The summed E-state index contributed by atoms with van der Waals surface area (Å²) in [5, 5.41) is 3.58. The standard InChI is InChI=1S/C16H11Cl2FN2O2/c17-11-2-1-3-12(15(11)18)20-13-8-14(22)21(16(13)23)10-6-4-9(19)5-7-10/h1-7,13,20H,8H2. The fourth-order valence-corrected chi connectivity index (χ4v) is 2.76. The summed E-state index contributed by atoms with van der Waals surface area (Å²) in [5.74, 6) is -1.22. The van der Waals surface area contributed by atoms with Crippen molar-refractivity contribution < 1.29 is 14.0 Å². The van der Waals surface area contributed by atoms with Crippen molar-refractivity contribution in [1.29, 1.82) is 0 Å². The number of rotatable bonds is 3. The Morgan fingerprint density at radius 2 is 1.78 bits per heavy atom. The number of carbonyl (C=O) groups is 2. The van der Waals surface area contributed by atoms with Gasteiger partial charge in [-0.3, -0.25) is 9.59 Å². The van der Waals surface area contributed by atoms with Crippen LogP contribution >= 0.6 is 23.2 Å². The van der Waals surface area contributed by atoms with Gasteiger partial charge in [0.2, 0.25) is 5.91 Å². The zero-order valence-corrected chi connectivity index (χ0v) is 13.2. The zero-order chi connectivity index (χ0) is 16.6. The fourth-order valence-electron chi connectivity index (χ4n) is 2.41. The normalized spacial score (nSPS) is 17.7. The van der Waals surface area contributed by atoms with E-state index in [9.17, 15) is 14.0 Å². The molecule has 1 atom stereocenters. The molecule has 1 aliphatic heterocycles. The van der Waals surface area contributed by atoms with Crippen LogP contribution in [-0.4, -0.2) is 17.9 Å². The smallest absolute Gasteiger partial charge is 0.256 e. The summed E-state index contributed by atoms with van der Waals surface area (Å²) in [5.41, 5.74) is 0.814. The van der Waals surface area contributed by atoms with Crippen LogP contribution in [0.4, 0.5) is 15.8 Å². The third-order valence-corrected chi connectivity index (χ3v) is 4.33. The van der Waals surface area contributed by atoms with Gasteiger partial charge in [-0.15, -0.1) is 0 Å². The van der Waals surface area contributed by atoms with Gasteiger partial charge in [0.1, 0.15) is 11.9 Å². The second kappa shape index (κ2) is 6.18. The first kappa shape index (κ1) is 15.8. The average molecular weight is 353 g/mol. The predicted octanol–water partition coefficient (Wildman–Crippen LogP) is 3.88. The molecule has 0 bridgehead atoms. The summed E-state index contributed by atoms with van der Waals surface area (Å²) in [6, 6.07) is 9.42. The fraction of sp³-hybridized carbons (Fsp3) is 0.125. The molecule has 1 heterocycles. The highest BCUT2D eigenvalue weighted by atomic mass is 35.5. The first-order chi connectivity index (χ1) is 11.0. The first-order valence-corrected chi connectivity index (χ1v) is 7.56. The number of anilines is 2. The van der Waals surface area contributed by atoms with E-state index >= 15 is 0 Å². The summed E-state index contributed by atoms with van der Waals surface area (Å²) in [4.78, 5) is 25.6. The largest absolute Gasteiger partial charge is 0.372 e. The quantitative estimate of drug-likeness (QED) is 0.852. The topological polar surface area (TPSA) is 49.4 Å². The highest BCUT2D eigenvalue weighted by Gasteiger charge is 2.39. The van der Waals surface area contributed by atoms with E-state index in [1.165, 1.54) is 24.3 Å². The van der Waals surface area contributed by atoms with Gasteiger partial charge in [-0.1, -0.05) is 29.3 Å². The SMILES string of the molecule is O=C1CC(Nc2cccc(Cl)c2Cl)C(=O)N1c1ccc(F)cc1. The highest BCUT2D eigenvalue weighted by Crippen LogP contribution is 2.32. The van der Waals surface area contributed by atoms with E-state index in [1.807, 2.05) is 0 Å². The second-order valence-corrected chi connectivity index (χ2v) is 5.83. The van der Waals surface area contributed by atoms with E-state index in [0.717, 1.165) is 4.90 Å². The molecule has 3 rings (SSSR count). The van der Waals surface area contributed by atoms with Gasteiger partial charge < -0.3 is 5.32 Å². The van der Waals surface area contributed by atoms with Gasteiger partial charge in [0.15, 0.2) is 0 Å². The van der Waals surface area contributed by atoms with Crippen molar-refractivity contribution in [2.75, 3.05) is 10.2 Å². The molecule has 0 radical (unpaired) electrons. The lowest BCUT2D eigenvalue weighted by molar-refractivity contribution is -0.121. The van der Waals surface area contributed by atoms with Crippen molar-refractivity contribution in [3.8, 4) is 0 Å². The number of carbonyl (C=O) groups excluding carboxylic acids is 2. The minimum atomic E-state index is -0.747. The van der Waals surface area contributed by atoms with E-state index < -0.39 is 17.8 Å². The molecule has 2 aromatic carbocycles. The van der Waals surface area contributed by atoms with Gasteiger partial charge in [-0.2, -0.15) is 0 Å². The Bertz CT molecular complexity index is 780. The van der Waals surface area contributed by atoms with Crippen LogP contribution in [0.5, 0.6) is 0 Å². The van der Waals surface area contributed by atoms with Gasteiger partial charge in [0.25, 0.3) is 5.91 Å². The number of benzene rings is 2. The molecule has 118 valence electrons. The summed E-state index contributed by atoms with van der Waals surface area (Å²) in [6.45, 7) is 0. The van der Waals surface area contributed by atoms with Crippen LogP contribution in [0.1, 0.15) is 6.42 Å². The van der Waals surface area contributed by atoms with Crippen molar-refractivity contribution in [1.82, 2.24) is 0 Å². The molecule has 2 aromatic rings. The maximum absolute atomic E-state index is 13.0. The summed E-state index contributed by atoms with van der Waals surface area (Å²) in [6.07, 6.45) is -0.0148. The first-order valence-electron chi connectivity index (χ1n) is 6.80. The average Bonchev–Trinajstić information content (AvgIpc) is 2.79.